The van der Waals surface area contributed by atoms with Crippen LogP contribution in [0.3, 0.4) is 0 Å². The molecule has 0 saturated heterocycles. The zero-order valence-corrected chi connectivity index (χ0v) is 10.7. The summed E-state index contributed by atoms with van der Waals surface area (Å²) >= 11 is 0. The maximum absolute atomic E-state index is 13.2. The van der Waals surface area contributed by atoms with Crippen LogP contribution >= 0.6 is 0 Å². The summed E-state index contributed by atoms with van der Waals surface area (Å²) in [5, 5.41) is 0. The molecule has 1 aromatic carbocycles. The van der Waals surface area contributed by atoms with Crippen LogP contribution in [-0.2, 0) is 0 Å². The summed E-state index contributed by atoms with van der Waals surface area (Å²) in [6, 6.07) is 3.99. The fourth-order valence-electron chi connectivity index (χ4n) is 1.60. The van der Waals surface area contributed by atoms with Crippen LogP contribution in [0, 0.1) is 17.7 Å². The predicted octanol–water partition coefficient (Wildman–Crippen LogP) is 1.62. The van der Waals surface area contributed by atoms with Gasteiger partial charge in [-0.3, -0.25) is 4.79 Å². The van der Waals surface area contributed by atoms with Crippen LogP contribution in [0.15, 0.2) is 18.2 Å². The monoisotopic (exact) mass is 248 g/mol. The third-order valence-corrected chi connectivity index (χ3v) is 2.44. The molecule has 1 rings (SSSR count). The molecule has 1 amide bonds. The number of nitrogens with two attached hydrogens (primary N) is 1. The highest BCUT2D eigenvalue weighted by Gasteiger charge is 2.14. The molecule has 0 aliphatic carbocycles. The smallest absolute Gasteiger partial charge is 0.254 e. The number of carbonyl (C=O) groups is 1. The van der Waals surface area contributed by atoms with E-state index in [4.69, 9.17) is 5.73 Å². The minimum Gasteiger partial charge on any atom is -0.342 e. The molecule has 3 nitrogen and oxygen atoms in total. The Balaban J connectivity index is 3.11. The molecular formula is C14H17FN2O. The number of amides is 1. The van der Waals surface area contributed by atoms with Gasteiger partial charge in [-0.2, -0.15) is 0 Å². The van der Waals surface area contributed by atoms with Gasteiger partial charge in [-0.1, -0.05) is 18.8 Å². The average molecular weight is 248 g/mol. The minimum atomic E-state index is -0.411. The molecule has 18 heavy (non-hydrogen) atoms. The Morgan fingerprint density at radius 2 is 2.22 bits per heavy atom. The van der Waals surface area contributed by atoms with Crippen molar-refractivity contribution in [2.75, 3.05) is 20.1 Å². The van der Waals surface area contributed by atoms with Gasteiger partial charge in [-0.15, -0.1) is 0 Å². The third-order valence-electron chi connectivity index (χ3n) is 2.44. The van der Waals surface area contributed by atoms with Crippen molar-refractivity contribution >= 4 is 5.91 Å². The molecule has 0 unspecified atom stereocenters. The Kier molecular flexibility index (Phi) is 5.34. The van der Waals surface area contributed by atoms with Crippen molar-refractivity contribution in [3.8, 4) is 11.8 Å². The third kappa shape index (κ3) is 3.57. The summed E-state index contributed by atoms with van der Waals surface area (Å²) in [4.78, 5) is 13.7. The highest BCUT2D eigenvalue weighted by molar-refractivity contribution is 5.96. The second-order valence-corrected chi connectivity index (χ2v) is 3.92. The van der Waals surface area contributed by atoms with Crippen LogP contribution in [-0.4, -0.2) is 30.9 Å². The number of hydrogen-bond donors (Lipinski definition) is 1. The van der Waals surface area contributed by atoms with E-state index in [2.05, 4.69) is 11.8 Å². The maximum atomic E-state index is 13.2. The first-order chi connectivity index (χ1) is 8.60. The van der Waals surface area contributed by atoms with Gasteiger partial charge in [0.2, 0.25) is 0 Å². The Morgan fingerprint density at radius 3 is 2.83 bits per heavy atom. The van der Waals surface area contributed by atoms with Crippen LogP contribution in [0.25, 0.3) is 0 Å². The van der Waals surface area contributed by atoms with Crippen molar-refractivity contribution in [3.63, 3.8) is 0 Å². The summed E-state index contributed by atoms with van der Waals surface area (Å²) < 4.78 is 13.2. The van der Waals surface area contributed by atoms with Crippen molar-refractivity contribution in [3.05, 3.63) is 35.1 Å². The highest BCUT2D eigenvalue weighted by atomic mass is 19.1. The second-order valence-electron chi connectivity index (χ2n) is 3.92. The predicted molar refractivity (Wildman–Crippen MR) is 69.6 cm³/mol. The lowest BCUT2D eigenvalue weighted by Gasteiger charge is -2.17. The summed E-state index contributed by atoms with van der Waals surface area (Å²) in [7, 11) is 1.72. The molecule has 2 N–H and O–H groups in total. The molecule has 0 bridgehead atoms. The summed E-state index contributed by atoms with van der Waals surface area (Å²) in [6.45, 7) is 2.82. The van der Waals surface area contributed by atoms with Gasteiger partial charge in [0.25, 0.3) is 5.91 Å². The molecule has 0 saturated carbocycles. The summed E-state index contributed by atoms with van der Waals surface area (Å²) in [5.74, 6) is 4.80. The lowest BCUT2D eigenvalue weighted by Crippen LogP contribution is -2.28. The van der Waals surface area contributed by atoms with Crippen molar-refractivity contribution in [1.82, 2.24) is 4.90 Å². The number of carbonyl (C=O) groups excluding carboxylic acids is 1. The van der Waals surface area contributed by atoms with E-state index in [0.29, 0.717) is 17.7 Å². The Labute approximate surface area is 107 Å². The van der Waals surface area contributed by atoms with Gasteiger partial charge in [0.1, 0.15) is 5.82 Å². The van der Waals surface area contributed by atoms with Gasteiger partial charge in [-0.05, 0) is 24.6 Å². The molecular weight excluding hydrogens is 231 g/mol. The first-order valence-corrected chi connectivity index (χ1v) is 5.84. The average Bonchev–Trinajstić information content (AvgIpc) is 2.36. The van der Waals surface area contributed by atoms with Gasteiger partial charge >= 0.3 is 0 Å². The molecule has 0 aliphatic rings. The fraction of sp³-hybridized carbons (Fsp3) is 0.357. The van der Waals surface area contributed by atoms with Gasteiger partial charge in [0, 0.05) is 19.2 Å². The second kappa shape index (κ2) is 6.77. The van der Waals surface area contributed by atoms with Gasteiger partial charge in [0.15, 0.2) is 0 Å². The minimum absolute atomic E-state index is 0.154. The van der Waals surface area contributed by atoms with E-state index in [1.165, 1.54) is 18.2 Å². The zero-order chi connectivity index (χ0) is 13.5. The summed E-state index contributed by atoms with van der Waals surface area (Å²) in [6.07, 6.45) is 0.868. The molecule has 0 aromatic heterocycles. The molecule has 0 fully saturated rings. The van der Waals surface area contributed by atoms with Crippen LogP contribution in [0.4, 0.5) is 4.39 Å². The largest absolute Gasteiger partial charge is 0.342 e. The van der Waals surface area contributed by atoms with E-state index in [9.17, 15) is 9.18 Å². The van der Waals surface area contributed by atoms with Crippen LogP contribution in [0.5, 0.6) is 0 Å². The van der Waals surface area contributed by atoms with Crippen molar-refractivity contribution in [2.24, 2.45) is 5.73 Å². The van der Waals surface area contributed by atoms with E-state index < -0.39 is 5.82 Å². The van der Waals surface area contributed by atoms with Gasteiger partial charge in [0.05, 0.1) is 12.1 Å². The van der Waals surface area contributed by atoms with E-state index >= 15 is 0 Å². The lowest BCUT2D eigenvalue weighted by atomic mass is 10.1. The van der Waals surface area contributed by atoms with Gasteiger partial charge in [-0.25, -0.2) is 4.39 Å². The van der Waals surface area contributed by atoms with Crippen LogP contribution in [0.1, 0.15) is 29.3 Å². The topological polar surface area (TPSA) is 46.3 Å². The lowest BCUT2D eigenvalue weighted by molar-refractivity contribution is 0.0795. The molecule has 0 heterocycles. The van der Waals surface area contributed by atoms with E-state index in [0.717, 1.165) is 6.42 Å². The Hall–Kier alpha value is -1.86. The number of hydrogen-bond acceptors (Lipinski definition) is 2. The molecule has 0 aliphatic heterocycles. The van der Waals surface area contributed by atoms with Crippen molar-refractivity contribution in [2.45, 2.75) is 13.3 Å². The fourth-order valence-corrected chi connectivity index (χ4v) is 1.60. The van der Waals surface area contributed by atoms with Crippen LogP contribution < -0.4 is 5.73 Å². The normalized spacial score (nSPS) is 9.56. The van der Waals surface area contributed by atoms with E-state index in [1.54, 1.807) is 11.9 Å². The molecule has 4 heteroatoms. The van der Waals surface area contributed by atoms with E-state index in [-0.39, 0.29) is 12.5 Å². The van der Waals surface area contributed by atoms with Crippen molar-refractivity contribution in [1.29, 1.82) is 0 Å². The Morgan fingerprint density at radius 1 is 1.50 bits per heavy atom. The zero-order valence-electron chi connectivity index (χ0n) is 10.7. The van der Waals surface area contributed by atoms with Crippen molar-refractivity contribution < 1.29 is 9.18 Å². The SMILES string of the molecule is CCCN(C)C(=O)c1ccc(F)cc1C#CCN. The number of rotatable bonds is 3. The van der Waals surface area contributed by atoms with E-state index in [1.807, 2.05) is 6.92 Å². The first kappa shape index (κ1) is 14.2. The highest BCUT2D eigenvalue weighted by Crippen LogP contribution is 2.12. The van der Waals surface area contributed by atoms with Crippen LogP contribution in [0.2, 0.25) is 0 Å². The molecule has 96 valence electrons. The molecule has 1 aromatic rings. The maximum Gasteiger partial charge on any atom is 0.254 e. The number of benzene rings is 1. The first-order valence-electron chi connectivity index (χ1n) is 5.84. The molecule has 0 spiro atoms. The molecule has 0 radical (unpaired) electrons. The molecule has 0 atom stereocenters. The number of nitrogens with zero attached hydrogens (tertiary/aromatic N) is 1. The quantitative estimate of drug-likeness (QED) is 0.826. The Bertz CT molecular complexity index is 488. The standard InChI is InChI=1S/C14H17FN2O/c1-3-9-17(2)14(18)13-7-6-12(15)10-11(13)5-4-8-16/h6-7,10H,3,8-9,16H2,1-2H3. The summed E-state index contributed by atoms with van der Waals surface area (Å²) in [5.41, 5.74) is 6.08. The number of halogens is 1. The van der Waals surface area contributed by atoms with Gasteiger partial charge < -0.3 is 10.6 Å².